The van der Waals surface area contributed by atoms with Crippen molar-refractivity contribution in [2.24, 2.45) is 5.92 Å². The molecule has 5 heteroatoms. The molecule has 0 radical (unpaired) electrons. The molecule has 0 saturated carbocycles. The minimum absolute atomic E-state index is 0.0375. The summed E-state index contributed by atoms with van der Waals surface area (Å²) in [6.07, 6.45) is 8.23. The molecule has 148 valence electrons. The number of likely N-dealkylation sites (tertiary alicyclic amines) is 1. The van der Waals surface area contributed by atoms with Crippen LogP contribution in [0, 0.1) is 5.92 Å². The number of amides is 1. The summed E-state index contributed by atoms with van der Waals surface area (Å²) in [6, 6.07) is 6.82. The lowest BCUT2D eigenvalue weighted by Crippen LogP contribution is -2.33. The van der Waals surface area contributed by atoms with Gasteiger partial charge in [0.1, 0.15) is 0 Å². The lowest BCUT2D eigenvalue weighted by Gasteiger charge is -2.23. The molecule has 1 aliphatic heterocycles. The molecule has 0 spiro atoms. The van der Waals surface area contributed by atoms with E-state index in [0.29, 0.717) is 25.3 Å². The highest BCUT2D eigenvalue weighted by molar-refractivity contribution is 5.87. The Labute approximate surface area is 161 Å². The number of aromatic carboxylic acids is 1. The molecular weight excluding hydrogens is 342 g/mol. The number of carboxylic acid groups (broad SMARTS) is 1. The molecule has 27 heavy (non-hydrogen) atoms. The molecule has 1 fully saturated rings. The number of hydrogen-bond donors (Lipinski definition) is 2. The number of nitrogens with zero attached hydrogens (tertiary/aromatic N) is 1. The van der Waals surface area contributed by atoms with Crippen LogP contribution in [-0.2, 0) is 11.2 Å². The second-order valence-corrected chi connectivity index (χ2v) is 7.72. The standard InChI is InChI=1S/C22H31NO4/c1-16(2)4-3-5-20(24)12-10-19-11-13-21(25)23(19)15-14-17-6-8-18(9-7-17)22(26)27/h6-10,12,16,19-20,24H,3-5,11,13-15H2,1-2H3,(H,26,27)/t19-,20-/m0/s1. The van der Waals surface area contributed by atoms with E-state index in [1.54, 1.807) is 24.3 Å². The van der Waals surface area contributed by atoms with Gasteiger partial charge in [-0.15, -0.1) is 0 Å². The van der Waals surface area contributed by atoms with Crippen LogP contribution in [0.4, 0.5) is 0 Å². The predicted molar refractivity (Wildman–Crippen MR) is 106 cm³/mol. The van der Waals surface area contributed by atoms with E-state index in [0.717, 1.165) is 31.2 Å². The van der Waals surface area contributed by atoms with Gasteiger partial charge in [-0.25, -0.2) is 4.79 Å². The van der Waals surface area contributed by atoms with Crippen LogP contribution < -0.4 is 0 Å². The van der Waals surface area contributed by atoms with Gasteiger partial charge in [0.15, 0.2) is 0 Å². The Morgan fingerprint density at radius 1 is 1.26 bits per heavy atom. The van der Waals surface area contributed by atoms with E-state index in [9.17, 15) is 14.7 Å². The lowest BCUT2D eigenvalue weighted by molar-refractivity contribution is -0.128. The summed E-state index contributed by atoms with van der Waals surface area (Å²) in [6.45, 7) is 4.96. The number of benzene rings is 1. The molecule has 1 aromatic carbocycles. The molecule has 1 aromatic rings. The second-order valence-electron chi connectivity index (χ2n) is 7.72. The van der Waals surface area contributed by atoms with Crippen molar-refractivity contribution in [1.29, 1.82) is 0 Å². The monoisotopic (exact) mass is 373 g/mol. The minimum atomic E-state index is -0.937. The van der Waals surface area contributed by atoms with Gasteiger partial charge in [0.2, 0.25) is 5.91 Å². The zero-order valence-corrected chi connectivity index (χ0v) is 16.3. The number of carbonyl (C=O) groups is 2. The highest BCUT2D eigenvalue weighted by atomic mass is 16.4. The van der Waals surface area contributed by atoms with Gasteiger partial charge in [-0.1, -0.05) is 51.0 Å². The van der Waals surface area contributed by atoms with Crippen LogP contribution in [0.1, 0.15) is 61.9 Å². The first-order valence-electron chi connectivity index (χ1n) is 9.85. The summed E-state index contributed by atoms with van der Waals surface area (Å²) in [7, 11) is 0. The molecule has 1 amide bonds. The highest BCUT2D eigenvalue weighted by Crippen LogP contribution is 2.21. The summed E-state index contributed by atoms with van der Waals surface area (Å²) in [5.41, 5.74) is 1.28. The van der Waals surface area contributed by atoms with Crippen LogP contribution in [-0.4, -0.2) is 45.7 Å². The first-order valence-corrected chi connectivity index (χ1v) is 9.85. The summed E-state index contributed by atoms with van der Waals surface area (Å²) >= 11 is 0. The van der Waals surface area contributed by atoms with Gasteiger partial charge < -0.3 is 15.1 Å². The zero-order chi connectivity index (χ0) is 19.8. The number of carboxylic acids is 1. The third-order valence-electron chi connectivity index (χ3n) is 5.05. The molecule has 0 aliphatic carbocycles. The molecule has 0 unspecified atom stereocenters. The van der Waals surface area contributed by atoms with Crippen LogP contribution in [0.15, 0.2) is 36.4 Å². The van der Waals surface area contributed by atoms with Crippen LogP contribution >= 0.6 is 0 Å². The highest BCUT2D eigenvalue weighted by Gasteiger charge is 2.28. The lowest BCUT2D eigenvalue weighted by atomic mass is 10.0. The van der Waals surface area contributed by atoms with E-state index in [2.05, 4.69) is 13.8 Å². The second kappa shape index (κ2) is 10.3. The predicted octanol–water partition coefficient (Wildman–Crippen LogP) is 3.66. The van der Waals surface area contributed by atoms with Gasteiger partial charge in [-0.2, -0.15) is 0 Å². The van der Waals surface area contributed by atoms with Crippen LogP contribution in [0.3, 0.4) is 0 Å². The maximum atomic E-state index is 12.2. The summed E-state index contributed by atoms with van der Waals surface area (Å²) in [4.78, 5) is 25.0. The van der Waals surface area contributed by atoms with E-state index in [4.69, 9.17) is 5.11 Å². The van der Waals surface area contributed by atoms with Gasteiger partial charge >= 0.3 is 5.97 Å². The van der Waals surface area contributed by atoms with Crippen molar-refractivity contribution in [1.82, 2.24) is 4.90 Å². The smallest absolute Gasteiger partial charge is 0.335 e. The van der Waals surface area contributed by atoms with Crippen molar-refractivity contribution >= 4 is 11.9 Å². The minimum Gasteiger partial charge on any atom is -0.478 e. The van der Waals surface area contributed by atoms with Crippen molar-refractivity contribution in [3.63, 3.8) is 0 Å². The first kappa shape index (κ1) is 21.2. The molecule has 1 aliphatic rings. The molecule has 2 atom stereocenters. The van der Waals surface area contributed by atoms with Crippen molar-refractivity contribution in [3.8, 4) is 0 Å². The van der Waals surface area contributed by atoms with E-state index < -0.39 is 12.1 Å². The van der Waals surface area contributed by atoms with E-state index in [-0.39, 0.29) is 17.5 Å². The molecule has 0 bridgehead atoms. The van der Waals surface area contributed by atoms with Crippen molar-refractivity contribution in [3.05, 3.63) is 47.5 Å². The number of aliphatic hydroxyl groups excluding tert-OH is 1. The van der Waals surface area contributed by atoms with Gasteiger partial charge in [0, 0.05) is 13.0 Å². The van der Waals surface area contributed by atoms with Gasteiger partial charge in [0.05, 0.1) is 17.7 Å². The quantitative estimate of drug-likeness (QED) is 0.614. The van der Waals surface area contributed by atoms with Gasteiger partial charge in [-0.05, 0) is 42.9 Å². The Morgan fingerprint density at radius 3 is 2.59 bits per heavy atom. The Balaban J connectivity index is 1.86. The Morgan fingerprint density at radius 2 is 1.96 bits per heavy atom. The number of aliphatic hydroxyl groups is 1. The third-order valence-corrected chi connectivity index (χ3v) is 5.05. The Kier molecular flexibility index (Phi) is 8.04. The van der Waals surface area contributed by atoms with Crippen molar-refractivity contribution < 1.29 is 19.8 Å². The number of rotatable bonds is 10. The molecule has 5 nitrogen and oxygen atoms in total. The van der Waals surface area contributed by atoms with Crippen LogP contribution in [0.25, 0.3) is 0 Å². The molecule has 1 heterocycles. The summed E-state index contributed by atoms with van der Waals surface area (Å²) in [5.74, 6) is -0.150. The third kappa shape index (κ3) is 6.83. The molecule has 2 N–H and O–H groups in total. The molecular formula is C22H31NO4. The van der Waals surface area contributed by atoms with E-state index >= 15 is 0 Å². The maximum absolute atomic E-state index is 12.2. The summed E-state index contributed by atoms with van der Waals surface area (Å²) in [5, 5.41) is 19.1. The van der Waals surface area contributed by atoms with Crippen LogP contribution in [0.5, 0.6) is 0 Å². The fourth-order valence-corrected chi connectivity index (χ4v) is 3.40. The molecule has 0 aromatic heterocycles. The molecule has 2 rings (SSSR count). The first-order chi connectivity index (χ1) is 12.9. The molecule has 1 saturated heterocycles. The van der Waals surface area contributed by atoms with Gasteiger partial charge in [-0.3, -0.25) is 4.79 Å². The topological polar surface area (TPSA) is 77.8 Å². The van der Waals surface area contributed by atoms with Gasteiger partial charge in [0.25, 0.3) is 0 Å². The zero-order valence-electron chi connectivity index (χ0n) is 16.3. The average molecular weight is 373 g/mol. The summed E-state index contributed by atoms with van der Waals surface area (Å²) < 4.78 is 0. The average Bonchev–Trinajstić information content (AvgIpc) is 2.98. The number of carbonyl (C=O) groups excluding carboxylic acids is 1. The Bertz CT molecular complexity index is 651. The van der Waals surface area contributed by atoms with E-state index in [1.807, 2.05) is 17.1 Å². The largest absolute Gasteiger partial charge is 0.478 e. The fourth-order valence-electron chi connectivity index (χ4n) is 3.40. The van der Waals surface area contributed by atoms with Crippen molar-refractivity contribution in [2.45, 2.75) is 64.5 Å². The van der Waals surface area contributed by atoms with Crippen molar-refractivity contribution in [2.75, 3.05) is 6.54 Å². The SMILES string of the molecule is CC(C)CCC[C@H](O)C=C[C@H]1CCC(=O)N1CCc1ccc(C(=O)O)cc1. The maximum Gasteiger partial charge on any atom is 0.335 e. The normalized spacial score (nSPS) is 18.6. The van der Waals surface area contributed by atoms with Crippen LogP contribution in [0.2, 0.25) is 0 Å². The fraction of sp³-hybridized carbons (Fsp3) is 0.545. The number of hydrogen-bond acceptors (Lipinski definition) is 3. The van der Waals surface area contributed by atoms with E-state index in [1.165, 1.54) is 0 Å². The Hall–Kier alpha value is -2.14.